The second-order valence-electron chi connectivity index (χ2n) is 6.89. The number of halogens is 1. The number of hydrogen-bond donors (Lipinski definition) is 1. The Morgan fingerprint density at radius 3 is 2.58 bits per heavy atom. The van der Waals surface area contributed by atoms with Crippen LogP contribution in [0.15, 0.2) is 53.0 Å². The normalized spacial score (nSPS) is 17.3. The number of amides is 2. The van der Waals surface area contributed by atoms with Crippen molar-refractivity contribution in [2.75, 3.05) is 11.4 Å². The minimum Gasteiger partial charge on any atom is -0.351 e. The summed E-state index contributed by atoms with van der Waals surface area (Å²) in [5.74, 6) is 0.150. The summed E-state index contributed by atoms with van der Waals surface area (Å²) >= 11 is 3.44. The lowest BCUT2D eigenvalue weighted by Gasteiger charge is -2.35. The van der Waals surface area contributed by atoms with Gasteiger partial charge in [-0.2, -0.15) is 0 Å². The van der Waals surface area contributed by atoms with Crippen molar-refractivity contribution in [3.8, 4) is 0 Å². The van der Waals surface area contributed by atoms with Gasteiger partial charge in [-0.05, 0) is 41.7 Å². The average Bonchev–Trinajstić information content (AvgIpc) is 2.61. The Labute approximate surface area is 162 Å². The van der Waals surface area contributed by atoms with Gasteiger partial charge in [0.1, 0.15) is 0 Å². The highest BCUT2D eigenvalue weighted by Gasteiger charge is 2.29. The van der Waals surface area contributed by atoms with Crippen LogP contribution in [0.2, 0.25) is 0 Å². The first kappa shape index (κ1) is 18.6. The van der Waals surface area contributed by atoms with Crippen LogP contribution in [0, 0.1) is 0 Å². The van der Waals surface area contributed by atoms with E-state index in [0.717, 1.165) is 27.7 Å². The summed E-state index contributed by atoms with van der Waals surface area (Å²) in [5.41, 5.74) is 3.20. The summed E-state index contributed by atoms with van der Waals surface area (Å²) in [4.78, 5) is 26.3. The van der Waals surface area contributed by atoms with E-state index in [-0.39, 0.29) is 23.8 Å². The van der Waals surface area contributed by atoms with Gasteiger partial charge in [0.15, 0.2) is 0 Å². The Balaban J connectivity index is 1.78. The summed E-state index contributed by atoms with van der Waals surface area (Å²) < 4.78 is 1.03. The standard InChI is InChI=1S/C21H23BrN2O2/c1-14(16-7-9-18(22)10-8-16)11-21(26)24-13-19(23-15(2)25)12-17-5-3-4-6-20(17)24/h3-10,14,19H,11-13H2,1-2H3,(H,23,25)/t14-,19-/m1/s1. The fourth-order valence-corrected chi connectivity index (χ4v) is 3.76. The Hall–Kier alpha value is -2.14. The number of carbonyl (C=O) groups excluding carboxylic acids is 2. The third-order valence-electron chi connectivity index (χ3n) is 4.78. The first-order valence-electron chi connectivity index (χ1n) is 8.85. The van der Waals surface area contributed by atoms with Crippen LogP contribution < -0.4 is 10.2 Å². The van der Waals surface area contributed by atoms with E-state index < -0.39 is 0 Å². The molecule has 0 unspecified atom stereocenters. The van der Waals surface area contributed by atoms with Gasteiger partial charge in [0.2, 0.25) is 11.8 Å². The zero-order chi connectivity index (χ0) is 18.7. The Morgan fingerprint density at radius 1 is 1.19 bits per heavy atom. The lowest BCUT2D eigenvalue weighted by atomic mass is 9.94. The summed E-state index contributed by atoms with van der Waals surface area (Å²) in [7, 11) is 0. The van der Waals surface area contributed by atoms with E-state index in [9.17, 15) is 9.59 Å². The molecule has 4 nitrogen and oxygen atoms in total. The number of hydrogen-bond acceptors (Lipinski definition) is 2. The highest BCUT2D eigenvalue weighted by molar-refractivity contribution is 9.10. The third-order valence-corrected chi connectivity index (χ3v) is 5.31. The van der Waals surface area contributed by atoms with Crippen LogP contribution in [0.1, 0.15) is 37.3 Å². The molecule has 0 bridgehead atoms. The fraction of sp³-hybridized carbons (Fsp3) is 0.333. The van der Waals surface area contributed by atoms with Gasteiger partial charge in [-0.15, -0.1) is 0 Å². The van der Waals surface area contributed by atoms with Gasteiger partial charge in [-0.3, -0.25) is 9.59 Å². The monoisotopic (exact) mass is 414 g/mol. The molecule has 26 heavy (non-hydrogen) atoms. The fourth-order valence-electron chi connectivity index (χ4n) is 3.50. The molecule has 0 fully saturated rings. The summed E-state index contributed by atoms with van der Waals surface area (Å²) in [5, 5.41) is 2.96. The minimum atomic E-state index is -0.0648. The molecule has 0 spiro atoms. The maximum Gasteiger partial charge on any atom is 0.227 e. The van der Waals surface area contributed by atoms with E-state index in [1.807, 2.05) is 53.4 Å². The van der Waals surface area contributed by atoms with Gasteiger partial charge in [0.25, 0.3) is 0 Å². The van der Waals surface area contributed by atoms with Crippen LogP contribution in [0.5, 0.6) is 0 Å². The molecule has 0 saturated heterocycles. The van der Waals surface area contributed by atoms with E-state index >= 15 is 0 Å². The topological polar surface area (TPSA) is 49.4 Å². The van der Waals surface area contributed by atoms with Gasteiger partial charge in [-0.25, -0.2) is 0 Å². The van der Waals surface area contributed by atoms with Crippen LogP contribution in [0.25, 0.3) is 0 Å². The van der Waals surface area contributed by atoms with Crippen LogP contribution >= 0.6 is 15.9 Å². The second-order valence-corrected chi connectivity index (χ2v) is 7.81. The van der Waals surface area contributed by atoms with Crippen molar-refractivity contribution >= 4 is 33.4 Å². The minimum absolute atomic E-state index is 0.0469. The number of rotatable bonds is 4. The lowest BCUT2D eigenvalue weighted by Crippen LogP contribution is -2.50. The van der Waals surface area contributed by atoms with E-state index in [0.29, 0.717) is 13.0 Å². The van der Waals surface area contributed by atoms with Crippen LogP contribution in [0.4, 0.5) is 5.69 Å². The molecule has 2 atom stereocenters. The average molecular weight is 415 g/mol. The summed E-state index contributed by atoms with van der Waals surface area (Å²) in [6, 6.07) is 16.0. The van der Waals surface area contributed by atoms with Crippen molar-refractivity contribution in [3.63, 3.8) is 0 Å². The number of nitrogens with zero attached hydrogens (tertiary/aromatic N) is 1. The van der Waals surface area contributed by atoms with Gasteiger partial charge >= 0.3 is 0 Å². The number of benzene rings is 2. The van der Waals surface area contributed by atoms with Crippen LogP contribution in [0.3, 0.4) is 0 Å². The smallest absolute Gasteiger partial charge is 0.227 e. The SMILES string of the molecule is CC(=O)N[C@@H]1Cc2ccccc2N(C(=O)C[C@@H](C)c2ccc(Br)cc2)C1. The molecule has 1 N–H and O–H groups in total. The molecule has 2 aromatic carbocycles. The Morgan fingerprint density at radius 2 is 1.88 bits per heavy atom. The van der Waals surface area contributed by atoms with Gasteiger partial charge in [0.05, 0.1) is 6.04 Å². The highest BCUT2D eigenvalue weighted by atomic mass is 79.9. The highest BCUT2D eigenvalue weighted by Crippen LogP contribution is 2.30. The third kappa shape index (κ3) is 4.33. The van der Waals surface area contributed by atoms with Crippen LogP contribution in [-0.2, 0) is 16.0 Å². The van der Waals surface area contributed by atoms with Crippen LogP contribution in [-0.4, -0.2) is 24.4 Å². The molecular weight excluding hydrogens is 392 g/mol. The van der Waals surface area contributed by atoms with E-state index in [2.05, 4.69) is 28.2 Å². The first-order chi connectivity index (χ1) is 12.4. The maximum atomic E-state index is 13.0. The molecule has 0 radical (unpaired) electrons. The molecule has 1 aliphatic heterocycles. The molecule has 1 aliphatic rings. The zero-order valence-electron chi connectivity index (χ0n) is 15.0. The van der Waals surface area contributed by atoms with Crippen molar-refractivity contribution in [3.05, 3.63) is 64.1 Å². The number of carbonyl (C=O) groups is 2. The zero-order valence-corrected chi connectivity index (χ0v) is 16.6. The molecule has 136 valence electrons. The summed E-state index contributed by atoms with van der Waals surface area (Å²) in [6.45, 7) is 4.10. The van der Waals surface area contributed by atoms with Crippen molar-refractivity contribution < 1.29 is 9.59 Å². The lowest BCUT2D eigenvalue weighted by molar-refractivity contribution is -0.121. The molecule has 0 aliphatic carbocycles. The first-order valence-corrected chi connectivity index (χ1v) is 9.64. The second kappa shape index (κ2) is 8.04. The molecular formula is C21H23BrN2O2. The van der Waals surface area contributed by atoms with E-state index in [4.69, 9.17) is 0 Å². The molecule has 1 heterocycles. The largest absolute Gasteiger partial charge is 0.351 e. The predicted octanol–water partition coefficient (Wildman–Crippen LogP) is 4.04. The molecule has 0 aromatic heterocycles. The molecule has 5 heteroatoms. The van der Waals surface area contributed by atoms with E-state index in [1.165, 1.54) is 6.92 Å². The number of fused-ring (bicyclic) bond motifs is 1. The van der Waals surface area contributed by atoms with Gasteiger partial charge in [-0.1, -0.05) is 53.2 Å². The van der Waals surface area contributed by atoms with Gasteiger partial charge < -0.3 is 10.2 Å². The van der Waals surface area contributed by atoms with E-state index in [1.54, 1.807) is 0 Å². The quantitative estimate of drug-likeness (QED) is 0.820. The van der Waals surface area contributed by atoms with Crippen molar-refractivity contribution in [2.45, 2.75) is 38.6 Å². The van der Waals surface area contributed by atoms with Crippen molar-refractivity contribution in [2.24, 2.45) is 0 Å². The molecule has 0 saturated carbocycles. The molecule has 2 amide bonds. The number of nitrogens with one attached hydrogen (secondary N) is 1. The Kier molecular flexibility index (Phi) is 5.77. The predicted molar refractivity (Wildman–Crippen MR) is 107 cm³/mol. The van der Waals surface area contributed by atoms with Crippen molar-refractivity contribution in [1.82, 2.24) is 5.32 Å². The molecule has 2 aromatic rings. The van der Waals surface area contributed by atoms with Gasteiger partial charge in [0, 0.05) is 30.0 Å². The summed E-state index contributed by atoms with van der Waals surface area (Å²) in [6.07, 6.45) is 1.19. The molecule has 3 rings (SSSR count). The number of para-hydroxylation sites is 1. The maximum absolute atomic E-state index is 13.0. The Bertz CT molecular complexity index is 804. The van der Waals surface area contributed by atoms with Crippen molar-refractivity contribution in [1.29, 1.82) is 0 Å². The number of anilines is 1.